The molecule has 1 nitrogen and oxygen atoms in total. The van der Waals surface area contributed by atoms with Crippen LogP contribution in [0.5, 0.6) is 0 Å². The summed E-state index contributed by atoms with van der Waals surface area (Å²) in [4.78, 5) is 4.66. The van der Waals surface area contributed by atoms with E-state index in [-0.39, 0.29) is 0 Å². The second-order valence-electron chi connectivity index (χ2n) is 3.30. The Morgan fingerprint density at radius 1 is 1.38 bits per heavy atom. The van der Waals surface area contributed by atoms with E-state index >= 15 is 0 Å². The molecule has 0 aromatic rings. The van der Waals surface area contributed by atoms with Gasteiger partial charge in [0.15, 0.2) is 0 Å². The van der Waals surface area contributed by atoms with Crippen molar-refractivity contribution in [3.8, 4) is 0 Å². The molecule has 0 fully saturated rings. The molecule has 0 rings (SSSR count). The molecule has 0 atom stereocenters. The molecule has 0 unspecified atom stereocenters. The van der Waals surface area contributed by atoms with Crippen molar-refractivity contribution in [2.75, 3.05) is 6.61 Å². The normalized spacial score (nSPS) is 12.8. The van der Waals surface area contributed by atoms with E-state index in [4.69, 9.17) is 5.11 Å². The van der Waals surface area contributed by atoms with E-state index in [1.165, 1.54) is 0 Å². The number of rotatable bonds is 2. The molecule has 0 radical (unpaired) electrons. The summed E-state index contributed by atoms with van der Waals surface area (Å²) in [5, 5.41) is 8.82. The summed E-state index contributed by atoms with van der Waals surface area (Å²) in [6.07, 6.45) is 0. The van der Waals surface area contributed by atoms with Gasteiger partial charge in [0.25, 0.3) is 0 Å². The molecule has 0 bridgehead atoms. The zero-order chi connectivity index (χ0) is 6.78. The molecule has 0 aromatic heterocycles. The number of aliphatic hydroxyl groups excluding tert-OH is 1. The summed E-state index contributed by atoms with van der Waals surface area (Å²) < 4.78 is 0.307. The Balaban J connectivity index is 3.71. The molecule has 2 heteroatoms. The molecule has 0 spiro atoms. The fraction of sp³-hybridized carbons (Fsp3) is 1.00. The van der Waals surface area contributed by atoms with Crippen LogP contribution in [0.2, 0.25) is 13.3 Å². The van der Waals surface area contributed by atoms with Gasteiger partial charge in [-0.25, -0.2) is 0 Å². The van der Waals surface area contributed by atoms with E-state index in [1.54, 1.807) is 0 Å². The minimum atomic E-state index is -1.24. The van der Waals surface area contributed by atoms with Gasteiger partial charge in [0, 0.05) is 0 Å². The first-order valence-electron chi connectivity index (χ1n) is 3.11. The van der Waals surface area contributed by atoms with Gasteiger partial charge in [0.2, 0.25) is 0 Å². The van der Waals surface area contributed by atoms with Crippen LogP contribution in [0.3, 0.4) is 0 Å². The number of hydrogen-bond donors (Lipinski definition) is 1. The zero-order valence-corrected chi connectivity index (χ0v) is 9.53. The van der Waals surface area contributed by atoms with E-state index in [0.717, 1.165) is 0 Å². The van der Waals surface area contributed by atoms with Gasteiger partial charge in [-0.15, -0.1) is 0 Å². The monoisotopic (exact) mass is 224 g/mol. The topological polar surface area (TPSA) is 20.2 Å². The van der Waals surface area contributed by atoms with Crippen molar-refractivity contribution in [1.29, 1.82) is 0 Å². The molecule has 0 amide bonds. The van der Waals surface area contributed by atoms with E-state index in [0.29, 0.717) is 10.0 Å². The van der Waals surface area contributed by atoms with Gasteiger partial charge < -0.3 is 0 Å². The van der Waals surface area contributed by atoms with Crippen molar-refractivity contribution in [1.82, 2.24) is 0 Å². The Morgan fingerprint density at radius 2 is 1.75 bits per heavy atom. The first kappa shape index (κ1) is 8.76. The third kappa shape index (κ3) is 2.35. The molecular formula is C6H16OSn. The Bertz CT molecular complexity index is 68.9. The molecular weight excluding hydrogens is 207 g/mol. The van der Waals surface area contributed by atoms with Crippen LogP contribution in [0.25, 0.3) is 0 Å². The SMILES string of the molecule is [CH3][SnH]([CH3])[C](C)(C)CO. The van der Waals surface area contributed by atoms with Crippen LogP contribution < -0.4 is 0 Å². The molecule has 0 heterocycles. The molecule has 50 valence electrons. The van der Waals surface area contributed by atoms with Crippen LogP contribution in [0.4, 0.5) is 0 Å². The fourth-order valence-electron chi connectivity index (χ4n) is 0.183. The van der Waals surface area contributed by atoms with Gasteiger partial charge in [-0.1, -0.05) is 0 Å². The summed E-state index contributed by atoms with van der Waals surface area (Å²) in [5.41, 5.74) is 0. The third-order valence-electron chi connectivity index (χ3n) is 1.97. The second-order valence-corrected chi connectivity index (χ2v) is 14.4. The minimum absolute atomic E-state index is 0.307. The van der Waals surface area contributed by atoms with Gasteiger partial charge in [0.05, 0.1) is 0 Å². The molecule has 8 heavy (non-hydrogen) atoms. The first-order valence-corrected chi connectivity index (χ1v) is 11.4. The van der Waals surface area contributed by atoms with E-state index in [2.05, 4.69) is 23.7 Å². The summed E-state index contributed by atoms with van der Waals surface area (Å²) in [6.45, 7) is 4.70. The predicted molar refractivity (Wildman–Crippen MR) is 40.0 cm³/mol. The Hall–Kier alpha value is 0.759. The Labute approximate surface area is 58.8 Å². The fourth-order valence-corrected chi connectivity index (χ4v) is 1.22. The van der Waals surface area contributed by atoms with Crippen molar-refractivity contribution in [3.63, 3.8) is 0 Å². The maximum absolute atomic E-state index is 8.82. The van der Waals surface area contributed by atoms with Gasteiger partial charge in [-0.2, -0.15) is 0 Å². The van der Waals surface area contributed by atoms with Crippen LogP contribution in [-0.4, -0.2) is 31.5 Å². The predicted octanol–water partition coefficient (Wildman–Crippen LogP) is 1.25. The molecule has 0 aliphatic rings. The van der Waals surface area contributed by atoms with Gasteiger partial charge in [0.1, 0.15) is 0 Å². The van der Waals surface area contributed by atoms with Crippen molar-refractivity contribution < 1.29 is 5.11 Å². The van der Waals surface area contributed by atoms with Gasteiger partial charge in [-0.3, -0.25) is 0 Å². The van der Waals surface area contributed by atoms with Crippen molar-refractivity contribution >= 4 is 19.8 Å². The molecule has 0 aliphatic heterocycles. The summed E-state index contributed by atoms with van der Waals surface area (Å²) in [5.74, 6) is 0. The molecule has 1 N–H and O–H groups in total. The third-order valence-corrected chi connectivity index (χ3v) is 11.4. The molecule has 0 saturated heterocycles. The van der Waals surface area contributed by atoms with Crippen LogP contribution in [-0.2, 0) is 0 Å². The average Bonchev–Trinajstić information content (AvgIpc) is 1.67. The Morgan fingerprint density at radius 3 is 1.75 bits per heavy atom. The Kier molecular flexibility index (Phi) is 3.35. The number of hydrogen-bond acceptors (Lipinski definition) is 1. The summed E-state index contributed by atoms with van der Waals surface area (Å²) in [6, 6.07) is 0. The second kappa shape index (κ2) is 3.06. The number of aliphatic hydroxyl groups is 1. The maximum atomic E-state index is 8.82. The quantitative estimate of drug-likeness (QED) is 0.698. The average molecular weight is 223 g/mol. The van der Waals surface area contributed by atoms with Crippen LogP contribution in [0.1, 0.15) is 13.8 Å². The molecule has 0 saturated carbocycles. The first-order chi connectivity index (χ1) is 3.50. The summed E-state index contributed by atoms with van der Waals surface area (Å²) in [7, 11) is 0. The van der Waals surface area contributed by atoms with Crippen molar-refractivity contribution in [2.45, 2.75) is 27.2 Å². The van der Waals surface area contributed by atoms with Gasteiger partial charge in [-0.05, 0) is 0 Å². The summed E-state index contributed by atoms with van der Waals surface area (Å²) >= 11 is -1.24. The van der Waals surface area contributed by atoms with Crippen molar-refractivity contribution in [3.05, 3.63) is 0 Å². The molecule has 0 aliphatic carbocycles. The van der Waals surface area contributed by atoms with E-state index in [9.17, 15) is 0 Å². The van der Waals surface area contributed by atoms with Crippen LogP contribution >= 0.6 is 0 Å². The van der Waals surface area contributed by atoms with Crippen molar-refractivity contribution in [2.24, 2.45) is 0 Å². The van der Waals surface area contributed by atoms with E-state index < -0.39 is 19.8 Å². The van der Waals surface area contributed by atoms with Crippen LogP contribution in [0.15, 0.2) is 0 Å². The van der Waals surface area contributed by atoms with Crippen LogP contribution in [0, 0.1) is 0 Å². The molecule has 0 aromatic carbocycles. The zero-order valence-electron chi connectivity index (χ0n) is 6.23. The van der Waals surface area contributed by atoms with E-state index in [1.807, 2.05) is 0 Å². The van der Waals surface area contributed by atoms with Gasteiger partial charge >= 0.3 is 58.6 Å². The standard InChI is InChI=1S/C4H9O.2CH3.Sn.H/c1-4(2)3-5;;;;/h5H,3H2,1-2H3;2*1H3;;.